The van der Waals surface area contributed by atoms with Gasteiger partial charge in [-0.3, -0.25) is 0 Å². The summed E-state index contributed by atoms with van der Waals surface area (Å²) in [5.74, 6) is 2.44. The summed E-state index contributed by atoms with van der Waals surface area (Å²) in [5, 5.41) is 16.2. The van der Waals surface area contributed by atoms with E-state index in [0.717, 1.165) is 53.3 Å². The second kappa shape index (κ2) is 10.4. The molecule has 188 valence electrons. The van der Waals surface area contributed by atoms with Crippen LogP contribution < -0.4 is 15.4 Å². The number of rotatable bonds is 7. The van der Waals surface area contributed by atoms with Crippen molar-refractivity contribution in [2.75, 3.05) is 17.7 Å². The van der Waals surface area contributed by atoms with Crippen molar-refractivity contribution in [3.8, 4) is 34.1 Å². The molecule has 9 heteroatoms. The SMILES string of the molecule is CNc1nccc(-c2cccnc2Oc2ccc(Nc3nnc(-c4cccc(Cl)c4)c4c3CCC4)cc2)n1. The average molecular weight is 522 g/mol. The van der Waals surface area contributed by atoms with E-state index in [4.69, 9.17) is 16.3 Å². The Morgan fingerprint density at radius 1 is 0.868 bits per heavy atom. The number of nitrogens with one attached hydrogen (secondary N) is 2. The lowest BCUT2D eigenvalue weighted by molar-refractivity contribution is 0.465. The predicted octanol–water partition coefficient (Wildman–Crippen LogP) is 6.72. The summed E-state index contributed by atoms with van der Waals surface area (Å²) in [7, 11) is 1.78. The van der Waals surface area contributed by atoms with Gasteiger partial charge in [0.1, 0.15) is 5.75 Å². The van der Waals surface area contributed by atoms with E-state index < -0.39 is 0 Å². The molecule has 2 N–H and O–H groups in total. The Balaban J connectivity index is 1.22. The van der Waals surface area contributed by atoms with Gasteiger partial charge in [0.25, 0.3) is 0 Å². The minimum Gasteiger partial charge on any atom is -0.438 e. The Kier molecular flexibility index (Phi) is 6.54. The lowest BCUT2D eigenvalue weighted by Crippen LogP contribution is -2.04. The van der Waals surface area contributed by atoms with Gasteiger partial charge in [0.2, 0.25) is 11.8 Å². The number of benzene rings is 2. The summed E-state index contributed by atoms with van der Waals surface area (Å²) in [6.45, 7) is 0. The van der Waals surface area contributed by atoms with Gasteiger partial charge in [-0.2, -0.15) is 0 Å². The van der Waals surface area contributed by atoms with E-state index in [9.17, 15) is 0 Å². The van der Waals surface area contributed by atoms with Gasteiger partial charge in [-0.15, -0.1) is 10.2 Å². The highest BCUT2D eigenvalue weighted by Crippen LogP contribution is 2.36. The molecule has 0 fully saturated rings. The number of hydrogen-bond donors (Lipinski definition) is 2. The zero-order valence-electron chi connectivity index (χ0n) is 20.6. The van der Waals surface area contributed by atoms with Gasteiger partial charge in [0.15, 0.2) is 5.82 Å². The number of halogens is 1. The summed E-state index contributed by atoms with van der Waals surface area (Å²) in [4.78, 5) is 13.1. The molecule has 38 heavy (non-hydrogen) atoms. The number of pyridine rings is 1. The molecule has 1 aliphatic rings. The normalized spacial score (nSPS) is 12.2. The molecule has 3 aromatic heterocycles. The van der Waals surface area contributed by atoms with Crippen LogP contribution in [0.5, 0.6) is 11.6 Å². The van der Waals surface area contributed by atoms with Gasteiger partial charge in [0, 0.05) is 41.3 Å². The van der Waals surface area contributed by atoms with E-state index in [0.29, 0.717) is 22.6 Å². The van der Waals surface area contributed by atoms with E-state index in [2.05, 4.69) is 35.8 Å². The molecule has 0 atom stereocenters. The van der Waals surface area contributed by atoms with Crippen molar-refractivity contribution >= 4 is 29.1 Å². The third kappa shape index (κ3) is 4.86. The van der Waals surface area contributed by atoms with Crippen molar-refractivity contribution in [2.24, 2.45) is 0 Å². The van der Waals surface area contributed by atoms with Gasteiger partial charge in [-0.25, -0.2) is 15.0 Å². The van der Waals surface area contributed by atoms with E-state index in [-0.39, 0.29) is 0 Å². The Morgan fingerprint density at radius 3 is 2.58 bits per heavy atom. The highest BCUT2D eigenvalue weighted by molar-refractivity contribution is 6.30. The number of fused-ring (bicyclic) bond motifs is 1. The first-order valence-electron chi connectivity index (χ1n) is 12.3. The second-order valence-electron chi connectivity index (χ2n) is 8.84. The van der Waals surface area contributed by atoms with Crippen molar-refractivity contribution in [1.29, 1.82) is 0 Å². The van der Waals surface area contributed by atoms with Crippen molar-refractivity contribution in [2.45, 2.75) is 19.3 Å². The fourth-order valence-corrected chi connectivity index (χ4v) is 4.80. The molecule has 8 nitrogen and oxygen atoms in total. The molecule has 0 amide bonds. The monoisotopic (exact) mass is 521 g/mol. The van der Waals surface area contributed by atoms with Gasteiger partial charge >= 0.3 is 0 Å². The standard InChI is InChI=1S/C29H24ClN7O/c1-31-29-33-16-14-25(35-29)24-9-4-15-32-28(24)38-21-12-10-20(11-13-21)34-27-23-8-3-7-22(23)26(36-37-27)18-5-2-6-19(30)17-18/h2,4-6,9-17H,3,7-8H2,1H3,(H,34,37)(H,31,33,35). The number of hydrogen-bond acceptors (Lipinski definition) is 8. The van der Waals surface area contributed by atoms with Crippen LogP contribution in [0.2, 0.25) is 5.02 Å². The van der Waals surface area contributed by atoms with Crippen LogP contribution in [0.1, 0.15) is 17.5 Å². The smallest absolute Gasteiger partial charge is 0.228 e. The molecule has 0 bridgehead atoms. The van der Waals surface area contributed by atoms with Crippen LogP contribution in [-0.2, 0) is 12.8 Å². The topological polar surface area (TPSA) is 97.7 Å². The van der Waals surface area contributed by atoms with Crippen molar-refractivity contribution in [3.05, 3.63) is 95.3 Å². The Bertz CT molecular complexity index is 1610. The molecular weight excluding hydrogens is 498 g/mol. The molecule has 0 saturated carbocycles. The number of nitrogens with zero attached hydrogens (tertiary/aromatic N) is 5. The van der Waals surface area contributed by atoms with Crippen LogP contribution >= 0.6 is 11.6 Å². The first-order valence-corrected chi connectivity index (χ1v) is 12.7. The minimum absolute atomic E-state index is 0.467. The molecule has 2 aromatic carbocycles. The molecule has 3 heterocycles. The molecule has 0 spiro atoms. The highest BCUT2D eigenvalue weighted by atomic mass is 35.5. The van der Waals surface area contributed by atoms with Crippen LogP contribution in [0.3, 0.4) is 0 Å². The van der Waals surface area contributed by atoms with Crippen LogP contribution in [0, 0.1) is 0 Å². The Labute approximate surface area is 225 Å². The minimum atomic E-state index is 0.467. The maximum absolute atomic E-state index is 6.22. The van der Waals surface area contributed by atoms with Gasteiger partial charge in [-0.1, -0.05) is 23.7 Å². The van der Waals surface area contributed by atoms with Crippen LogP contribution in [0.4, 0.5) is 17.5 Å². The van der Waals surface area contributed by atoms with E-state index in [1.807, 2.05) is 66.7 Å². The third-order valence-electron chi connectivity index (χ3n) is 6.40. The molecule has 6 rings (SSSR count). The van der Waals surface area contributed by atoms with Gasteiger partial charge in [0.05, 0.1) is 17.0 Å². The molecule has 0 aliphatic heterocycles. The third-order valence-corrected chi connectivity index (χ3v) is 6.63. The maximum atomic E-state index is 6.22. The van der Waals surface area contributed by atoms with Crippen molar-refractivity contribution < 1.29 is 4.74 Å². The second-order valence-corrected chi connectivity index (χ2v) is 9.28. The Morgan fingerprint density at radius 2 is 1.74 bits per heavy atom. The summed E-state index contributed by atoms with van der Waals surface area (Å²) in [6, 6.07) is 21.1. The van der Waals surface area contributed by atoms with E-state index in [1.54, 1.807) is 19.4 Å². The highest BCUT2D eigenvalue weighted by Gasteiger charge is 2.22. The van der Waals surface area contributed by atoms with Crippen LogP contribution in [0.15, 0.2) is 79.1 Å². The molecule has 1 aliphatic carbocycles. The summed E-state index contributed by atoms with van der Waals surface area (Å²) < 4.78 is 6.13. The summed E-state index contributed by atoms with van der Waals surface area (Å²) in [5.41, 5.74) is 6.74. The molecule has 0 radical (unpaired) electrons. The quantitative estimate of drug-likeness (QED) is 0.244. The lowest BCUT2D eigenvalue weighted by atomic mass is 10.0. The first kappa shape index (κ1) is 23.8. The van der Waals surface area contributed by atoms with Gasteiger partial charge < -0.3 is 15.4 Å². The molecule has 0 unspecified atom stereocenters. The number of ether oxygens (including phenoxy) is 1. The van der Waals surface area contributed by atoms with Crippen molar-refractivity contribution in [1.82, 2.24) is 25.1 Å². The predicted molar refractivity (Wildman–Crippen MR) is 149 cm³/mol. The Hall–Kier alpha value is -4.56. The zero-order valence-corrected chi connectivity index (χ0v) is 21.4. The van der Waals surface area contributed by atoms with Crippen LogP contribution in [-0.4, -0.2) is 32.2 Å². The van der Waals surface area contributed by atoms with E-state index >= 15 is 0 Å². The van der Waals surface area contributed by atoms with Crippen LogP contribution in [0.25, 0.3) is 22.5 Å². The fraction of sp³-hybridized carbons (Fsp3) is 0.138. The maximum Gasteiger partial charge on any atom is 0.228 e. The van der Waals surface area contributed by atoms with Gasteiger partial charge in [-0.05, 0) is 79.4 Å². The number of aromatic nitrogens is 5. The summed E-state index contributed by atoms with van der Waals surface area (Å²) in [6.07, 6.45) is 6.41. The lowest BCUT2D eigenvalue weighted by Gasteiger charge is -2.14. The zero-order chi connectivity index (χ0) is 25.9. The first-order chi connectivity index (χ1) is 18.7. The number of anilines is 3. The average Bonchev–Trinajstić information content (AvgIpc) is 3.45. The summed E-state index contributed by atoms with van der Waals surface area (Å²) >= 11 is 6.22. The molecular formula is C29H24ClN7O. The van der Waals surface area contributed by atoms with Crippen molar-refractivity contribution in [3.63, 3.8) is 0 Å². The fourth-order valence-electron chi connectivity index (χ4n) is 4.61. The molecule has 0 saturated heterocycles. The largest absolute Gasteiger partial charge is 0.438 e. The van der Waals surface area contributed by atoms with E-state index in [1.165, 1.54) is 11.1 Å². The molecule has 5 aromatic rings.